The summed E-state index contributed by atoms with van der Waals surface area (Å²) >= 11 is 1.19. The van der Waals surface area contributed by atoms with Gasteiger partial charge in [-0.1, -0.05) is 61.6 Å². The number of methoxy groups -OCH3 is 1. The fraction of sp³-hybridized carbons (Fsp3) is 0.296. The van der Waals surface area contributed by atoms with Crippen molar-refractivity contribution in [2.45, 2.75) is 37.8 Å². The van der Waals surface area contributed by atoms with Gasteiger partial charge in [0, 0.05) is 5.92 Å². The van der Waals surface area contributed by atoms with Gasteiger partial charge in [-0.05, 0) is 48.3 Å². The van der Waals surface area contributed by atoms with Gasteiger partial charge in [-0.25, -0.2) is 14.2 Å². The van der Waals surface area contributed by atoms with Crippen molar-refractivity contribution in [1.82, 2.24) is 10.3 Å². The summed E-state index contributed by atoms with van der Waals surface area (Å²) in [7, 11) is 1.47. The van der Waals surface area contributed by atoms with Crippen LogP contribution in [0.15, 0.2) is 72.5 Å². The number of aliphatic carboxylic acids is 1. The van der Waals surface area contributed by atoms with Crippen molar-refractivity contribution in [2.75, 3.05) is 12.4 Å². The SMILES string of the molecule is COC1=CC(c2ccccc2)C=CC1(Nc1nc2ccc(F)cc2s1)C(=O)N[C@@H](CC(C)C)C(=O)O. The van der Waals surface area contributed by atoms with Crippen LogP contribution < -0.4 is 10.6 Å². The second kappa shape index (κ2) is 10.5. The number of carbonyl (C=O) groups excluding carboxylic acids is 1. The molecule has 1 amide bonds. The number of nitrogens with one attached hydrogen (secondary N) is 2. The Labute approximate surface area is 212 Å². The summed E-state index contributed by atoms with van der Waals surface area (Å²) in [6.45, 7) is 3.78. The Morgan fingerprint density at radius 2 is 1.97 bits per heavy atom. The van der Waals surface area contributed by atoms with E-state index in [1.807, 2.05) is 56.3 Å². The van der Waals surface area contributed by atoms with Crippen LogP contribution in [0.3, 0.4) is 0 Å². The highest BCUT2D eigenvalue weighted by molar-refractivity contribution is 7.22. The van der Waals surface area contributed by atoms with E-state index in [9.17, 15) is 19.1 Å². The highest BCUT2D eigenvalue weighted by atomic mass is 32.1. The summed E-state index contributed by atoms with van der Waals surface area (Å²) in [5.74, 6) is -1.89. The van der Waals surface area contributed by atoms with Crippen molar-refractivity contribution in [3.8, 4) is 0 Å². The molecule has 188 valence electrons. The predicted octanol–water partition coefficient (Wildman–Crippen LogP) is 5.09. The second-order valence-corrected chi connectivity index (χ2v) is 10.1. The number of ether oxygens (including phenoxy) is 1. The van der Waals surface area contributed by atoms with Gasteiger partial charge < -0.3 is 20.5 Å². The summed E-state index contributed by atoms with van der Waals surface area (Å²) in [6, 6.07) is 12.9. The minimum Gasteiger partial charge on any atom is -0.498 e. The molecule has 3 atom stereocenters. The van der Waals surface area contributed by atoms with Crippen LogP contribution in [0.25, 0.3) is 10.2 Å². The van der Waals surface area contributed by atoms with Crippen LogP contribution in [0.2, 0.25) is 0 Å². The van der Waals surface area contributed by atoms with Gasteiger partial charge >= 0.3 is 5.97 Å². The highest BCUT2D eigenvalue weighted by Gasteiger charge is 2.45. The molecule has 0 fully saturated rings. The molecule has 1 heterocycles. The van der Waals surface area contributed by atoms with Gasteiger partial charge in [0.1, 0.15) is 17.6 Å². The topological polar surface area (TPSA) is 101 Å². The number of anilines is 1. The molecule has 0 bridgehead atoms. The molecule has 0 saturated heterocycles. The number of hydrogen-bond acceptors (Lipinski definition) is 6. The first kappa shape index (κ1) is 25.4. The van der Waals surface area contributed by atoms with Gasteiger partial charge in [-0.3, -0.25) is 4.79 Å². The molecule has 1 aliphatic carbocycles. The second-order valence-electron chi connectivity index (χ2n) is 9.09. The van der Waals surface area contributed by atoms with Gasteiger partial charge in [-0.15, -0.1) is 0 Å². The van der Waals surface area contributed by atoms with Crippen LogP contribution in [0.5, 0.6) is 0 Å². The van der Waals surface area contributed by atoms with E-state index in [4.69, 9.17) is 4.74 Å². The maximum absolute atomic E-state index is 13.8. The van der Waals surface area contributed by atoms with Crippen LogP contribution >= 0.6 is 11.3 Å². The number of halogens is 1. The highest BCUT2D eigenvalue weighted by Crippen LogP contribution is 2.37. The Kier molecular flexibility index (Phi) is 7.40. The lowest BCUT2D eigenvalue weighted by molar-refractivity contribution is -0.142. The molecule has 2 unspecified atom stereocenters. The molecule has 36 heavy (non-hydrogen) atoms. The van der Waals surface area contributed by atoms with Crippen LogP contribution in [-0.4, -0.2) is 40.7 Å². The molecule has 9 heteroatoms. The van der Waals surface area contributed by atoms with Gasteiger partial charge in [0.25, 0.3) is 5.91 Å². The number of thiazole rings is 1. The lowest BCUT2D eigenvalue weighted by Gasteiger charge is -2.36. The summed E-state index contributed by atoms with van der Waals surface area (Å²) in [4.78, 5) is 30.2. The third-order valence-corrected chi connectivity index (χ3v) is 6.93. The summed E-state index contributed by atoms with van der Waals surface area (Å²) < 4.78 is 20.1. The first-order chi connectivity index (χ1) is 17.2. The first-order valence-corrected chi connectivity index (χ1v) is 12.4. The standard InChI is InChI=1S/C27H28FN3O4S/c1-16(2)13-21(24(32)33)29-25(34)27(31-26-30-20-10-9-19(28)15-22(20)36-26)12-11-18(14-23(27)35-3)17-7-5-4-6-8-17/h4-12,14-16,18,21H,13H2,1-3H3,(H,29,34)(H,30,31)(H,32,33)/t18?,21-,27?/m0/s1. The molecule has 3 aromatic rings. The molecule has 4 rings (SSSR count). The van der Waals surface area contributed by atoms with Crippen molar-refractivity contribution in [3.63, 3.8) is 0 Å². The average molecular weight is 510 g/mol. The number of hydrogen-bond donors (Lipinski definition) is 3. The molecular formula is C27H28FN3O4S. The number of fused-ring (bicyclic) bond motifs is 1. The molecule has 0 aliphatic heterocycles. The average Bonchev–Trinajstić information content (AvgIpc) is 3.25. The lowest BCUT2D eigenvalue weighted by atomic mass is 9.83. The minimum absolute atomic E-state index is 0.0521. The molecular weight excluding hydrogens is 481 g/mol. The number of carbonyl (C=O) groups is 2. The molecule has 0 saturated carbocycles. The van der Waals surface area contributed by atoms with E-state index < -0.39 is 23.5 Å². The van der Waals surface area contributed by atoms with Crippen molar-refractivity contribution < 1.29 is 23.8 Å². The quantitative estimate of drug-likeness (QED) is 0.348. The van der Waals surface area contributed by atoms with Gasteiger partial charge in [0.05, 0.1) is 17.3 Å². The maximum atomic E-state index is 13.8. The minimum atomic E-state index is -1.56. The molecule has 0 radical (unpaired) electrons. The molecule has 7 nitrogen and oxygen atoms in total. The van der Waals surface area contributed by atoms with Crippen molar-refractivity contribution in [3.05, 3.63) is 83.9 Å². The van der Waals surface area contributed by atoms with E-state index in [1.54, 1.807) is 12.1 Å². The van der Waals surface area contributed by atoms with Gasteiger partial charge in [-0.2, -0.15) is 0 Å². The van der Waals surface area contributed by atoms with Crippen LogP contribution in [-0.2, 0) is 14.3 Å². The number of carboxylic acids is 1. The Morgan fingerprint density at radius 1 is 1.22 bits per heavy atom. The van der Waals surface area contributed by atoms with E-state index in [0.29, 0.717) is 21.1 Å². The summed E-state index contributed by atoms with van der Waals surface area (Å²) in [5, 5.41) is 16.0. The Bertz CT molecular complexity index is 1320. The lowest BCUT2D eigenvalue weighted by Crippen LogP contribution is -2.57. The number of rotatable bonds is 9. The number of amides is 1. The van der Waals surface area contributed by atoms with E-state index >= 15 is 0 Å². The third-order valence-electron chi connectivity index (χ3n) is 6.00. The largest absolute Gasteiger partial charge is 0.498 e. The fourth-order valence-corrected chi connectivity index (χ4v) is 5.18. The monoisotopic (exact) mass is 509 g/mol. The predicted molar refractivity (Wildman–Crippen MR) is 138 cm³/mol. The summed E-state index contributed by atoms with van der Waals surface area (Å²) in [6.07, 6.45) is 5.64. The normalized spacial score (nSPS) is 20.1. The number of allylic oxidation sites excluding steroid dienone is 2. The van der Waals surface area contributed by atoms with Crippen molar-refractivity contribution in [1.29, 1.82) is 0 Å². The smallest absolute Gasteiger partial charge is 0.326 e. The molecule has 1 aromatic heterocycles. The van der Waals surface area contributed by atoms with Gasteiger partial charge in [0.2, 0.25) is 0 Å². The summed E-state index contributed by atoms with van der Waals surface area (Å²) in [5.41, 5.74) is 0.0282. The molecule has 3 N–H and O–H groups in total. The zero-order valence-electron chi connectivity index (χ0n) is 20.2. The zero-order chi connectivity index (χ0) is 25.9. The van der Waals surface area contributed by atoms with Gasteiger partial charge in [0.15, 0.2) is 10.7 Å². The number of carboxylic acid groups (broad SMARTS) is 1. The van der Waals surface area contributed by atoms with Crippen LogP contribution in [0.1, 0.15) is 31.7 Å². The Hall–Kier alpha value is -3.72. The van der Waals surface area contributed by atoms with E-state index in [2.05, 4.69) is 15.6 Å². The zero-order valence-corrected chi connectivity index (χ0v) is 21.0. The fourth-order valence-electron chi connectivity index (χ4n) is 4.23. The Balaban J connectivity index is 1.75. The number of nitrogens with zero attached hydrogens (tertiary/aromatic N) is 1. The maximum Gasteiger partial charge on any atom is 0.326 e. The molecule has 2 aromatic carbocycles. The van der Waals surface area contributed by atoms with E-state index in [0.717, 1.165) is 5.56 Å². The first-order valence-electron chi connectivity index (χ1n) is 11.6. The number of aromatic nitrogens is 1. The molecule has 0 spiro atoms. The number of benzene rings is 2. The Morgan fingerprint density at radius 3 is 2.64 bits per heavy atom. The molecule has 1 aliphatic rings. The van der Waals surface area contributed by atoms with Crippen molar-refractivity contribution in [2.24, 2.45) is 5.92 Å². The van der Waals surface area contributed by atoms with E-state index in [-0.39, 0.29) is 24.1 Å². The van der Waals surface area contributed by atoms with Crippen molar-refractivity contribution >= 4 is 38.6 Å². The van der Waals surface area contributed by atoms with E-state index in [1.165, 1.54) is 30.6 Å². The third kappa shape index (κ3) is 5.26. The van der Waals surface area contributed by atoms with Crippen LogP contribution in [0, 0.1) is 11.7 Å². The van der Waals surface area contributed by atoms with Crippen LogP contribution in [0.4, 0.5) is 9.52 Å².